The highest BCUT2D eigenvalue weighted by molar-refractivity contribution is 6.31. The van der Waals surface area contributed by atoms with Gasteiger partial charge in [0.2, 0.25) is 12.1 Å². The predicted molar refractivity (Wildman–Crippen MR) is 173 cm³/mol. The number of hydrogen-bond donors (Lipinski definition) is 0. The number of carbonyl (C=O) groups excluding carboxylic acids is 2. The van der Waals surface area contributed by atoms with E-state index < -0.39 is 17.5 Å². The van der Waals surface area contributed by atoms with E-state index in [0.29, 0.717) is 34.8 Å². The molecule has 0 aliphatic carbocycles. The number of halogens is 1. The van der Waals surface area contributed by atoms with E-state index in [4.69, 9.17) is 21.1 Å². The first-order valence-electron chi connectivity index (χ1n) is 15.1. The van der Waals surface area contributed by atoms with E-state index in [2.05, 4.69) is 32.2 Å². The number of rotatable bonds is 15. The average molecular weight is 674 g/mol. The molecule has 0 amide bonds. The van der Waals surface area contributed by atoms with Crippen molar-refractivity contribution in [2.45, 2.75) is 59.1 Å². The van der Waals surface area contributed by atoms with Crippen LogP contribution < -0.4 is 0 Å². The van der Waals surface area contributed by atoms with Crippen LogP contribution in [0.4, 0.5) is 4.79 Å². The number of hydrogen-bond acceptors (Lipinski definition) is 11. The Bertz CT molecular complexity index is 1890. The van der Waals surface area contributed by atoms with Gasteiger partial charge in [-0.15, -0.1) is 25.1 Å². The van der Waals surface area contributed by atoms with Crippen LogP contribution in [-0.2, 0) is 40.5 Å². The van der Waals surface area contributed by atoms with Crippen LogP contribution in [0.1, 0.15) is 65.9 Å². The van der Waals surface area contributed by atoms with Gasteiger partial charge in [-0.1, -0.05) is 97.7 Å². The number of aromatic nitrogens is 6. The Morgan fingerprint density at radius 3 is 2.40 bits per heavy atom. The van der Waals surface area contributed by atoms with Crippen molar-refractivity contribution in [2.75, 3.05) is 0 Å². The van der Waals surface area contributed by atoms with Crippen LogP contribution in [0.5, 0.6) is 0 Å². The number of nitrogens with zero attached hydrogens (tertiary/aromatic N) is 7. The van der Waals surface area contributed by atoms with Crippen molar-refractivity contribution in [1.29, 1.82) is 0 Å². The SMILES string of the molecule is CCCCc1nc(Cl)c(C=O)n1Cc1ccc(-c2ccccc2-c2nnn(C(C)OC(=O)OCc3ccccc3CO[N+](=O)[O-])n2)cc1. The quantitative estimate of drug-likeness (QED) is 0.0506. The van der Waals surface area contributed by atoms with Gasteiger partial charge >= 0.3 is 6.16 Å². The maximum absolute atomic E-state index is 12.4. The van der Waals surface area contributed by atoms with Crippen molar-refractivity contribution in [3.8, 4) is 22.5 Å². The Morgan fingerprint density at radius 1 is 1.02 bits per heavy atom. The van der Waals surface area contributed by atoms with E-state index in [-0.39, 0.29) is 18.4 Å². The molecule has 0 spiro atoms. The number of imidazole rings is 1. The van der Waals surface area contributed by atoms with Gasteiger partial charge in [0.1, 0.15) is 24.7 Å². The van der Waals surface area contributed by atoms with Gasteiger partial charge in [0, 0.05) is 18.5 Å². The molecule has 0 N–H and O–H groups in total. The summed E-state index contributed by atoms with van der Waals surface area (Å²) in [6.07, 6.45) is 1.47. The van der Waals surface area contributed by atoms with Crippen molar-refractivity contribution in [2.24, 2.45) is 0 Å². The average Bonchev–Trinajstić information content (AvgIpc) is 3.70. The Labute approximate surface area is 280 Å². The Morgan fingerprint density at radius 2 is 1.71 bits per heavy atom. The van der Waals surface area contributed by atoms with E-state index in [1.54, 1.807) is 31.2 Å². The van der Waals surface area contributed by atoms with Crippen LogP contribution in [0.15, 0.2) is 72.8 Å². The molecule has 5 rings (SSSR count). The number of ether oxygens (including phenoxy) is 2. The number of unbranched alkanes of at least 4 members (excludes halogenated alkanes) is 1. The maximum Gasteiger partial charge on any atom is 0.510 e. The summed E-state index contributed by atoms with van der Waals surface area (Å²) >= 11 is 6.25. The first-order chi connectivity index (χ1) is 23.3. The summed E-state index contributed by atoms with van der Waals surface area (Å²) in [6.45, 7) is 3.65. The normalized spacial score (nSPS) is 11.6. The molecule has 0 aliphatic rings. The Kier molecular flexibility index (Phi) is 11.1. The third kappa shape index (κ3) is 8.20. The number of carbonyl (C=O) groups is 2. The van der Waals surface area contributed by atoms with Crippen molar-refractivity contribution >= 4 is 24.0 Å². The van der Waals surface area contributed by atoms with Crippen LogP contribution in [0.3, 0.4) is 0 Å². The summed E-state index contributed by atoms with van der Waals surface area (Å²) in [5, 5.41) is 22.6. The minimum absolute atomic E-state index is 0.181. The second-order valence-corrected chi connectivity index (χ2v) is 11.1. The molecule has 5 aromatic rings. The third-order valence-corrected chi connectivity index (χ3v) is 7.77. The largest absolute Gasteiger partial charge is 0.510 e. The summed E-state index contributed by atoms with van der Waals surface area (Å²) in [5.74, 6) is 1.10. The smallest absolute Gasteiger partial charge is 0.429 e. The monoisotopic (exact) mass is 673 g/mol. The van der Waals surface area contributed by atoms with E-state index >= 15 is 0 Å². The van der Waals surface area contributed by atoms with Gasteiger partial charge in [0.25, 0.3) is 5.09 Å². The minimum atomic E-state index is -0.984. The first-order valence-corrected chi connectivity index (χ1v) is 15.5. The minimum Gasteiger partial charge on any atom is -0.429 e. The fraction of sp³-hybridized carbons (Fsp3) is 0.273. The van der Waals surface area contributed by atoms with Gasteiger partial charge in [-0.05, 0) is 46.4 Å². The Balaban J connectivity index is 1.25. The van der Waals surface area contributed by atoms with Gasteiger partial charge in [-0.25, -0.2) is 9.78 Å². The fourth-order valence-corrected chi connectivity index (χ4v) is 5.25. The van der Waals surface area contributed by atoms with Gasteiger partial charge in [-0.3, -0.25) is 4.79 Å². The molecule has 0 bridgehead atoms. The lowest BCUT2D eigenvalue weighted by Gasteiger charge is -2.13. The molecule has 0 saturated heterocycles. The van der Waals surface area contributed by atoms with Crippen molar-refractivity contribution < 1.29 is 29.0 Å². The summed E-state index contributed by atoms with van der Waals surface area (Å²) in [5.41, 5.74) is 4.85. The van der Waals surface area contributed by atoms with Crippen LogP contribution in [0.25, 0.3) is 22.5 Å². The van der Waals surface area contributed by atoms with Gasteiger partial charge < -0.3 is 18.9 Å². The lowest BCUT2D eigenvalue weighted by Crippen LogP contribution is -2.18. The third-order valence-electron chi connectivity index (χ3n) is 7.49. The molecule has 2 aromatic heterocycles. The van der Waals surface area contributed by atoms with Gasteiger partial charge in [0.05, 0.1) is 0 Å². The molecule has 0 saturated carbocycles. The molecular formula is C33H32ClN7O7. The van der Waals surface area contributed by atoms with Crippen LogP contribution in [-0.4, -0.2) is 47.3 Å². The van der Waals surface area contributed by atoms with Crippen LogP contribution in [0, 0.1) is 10.1 Å². The van der Waals surface area contributed by atoms with E-state index in [0.717, 1.165) is 52.9 Å². The second-order valence-electron chi connectivity index (χ2n) is 10.7. The maximum atomic E-state index is 12.4. The summed E-state index contributed by atoms with van der Waals surface area (Å²) in [7, 11) is 0. The summed E-state index contributed by atoms with van der Waals surface area (Å²) < 4.78 is 12.4. The molecule has 1 atom stereocenters. The molecule has 3 aromatic carbocycles. The number of tetrazole rings is 1. The zero-order valence-electron chi connectivity index (χ0n) is 26.2. The lowest BCUT2D eigenvalue weighted by atomic mass is 9.98. The Hall–Kier alpha value is -5.63. The molecule has 0 radical (unpaired) electrons. The van der Waals surface area contributed by atoms with Crippen LogP contribution >= 0.6 is 11.6 Å². The molecule has 0 fully saturated rings. The van der Waals surface area contributed by atoms with E-state index in [9.17, 15) is 19.7 Å². The molecule has 14 nitrogen and oxygen atoms in total. The molecular weight excluding hydrogens is 642 g/mol. The predicted octanol–water partition coefficient (Wildman–Crippen LogP) is 6.64. The number of aryl methyl sites for hydroxylation is 1. The second kappa shape index (κ2) is 15.8. The summed E-state index contributed by atoms with van der Waals surface area (Å²) in [4.78, 5) is 44.7. The first kappa shape index (κ1) is 33.7. The van der Waals surface area contributed by atoms with E-state index in [1.165, 1.54) is 0 Å². The summed E-state index contributed by atoms with van der Waals surface area (Å²) in [6, 6.07) is 22.2. The standard InChI is InChI=1S/C33H32ClN7O7/c1-3-4-13-30-35-31(34)29(19-42)39(30)18-23-14-16-24(17-15-23)27-11-7-8-12-28(27)32-36-38-40(37-32)22(2)48-33(43)46-20-25-9-5-6-10-26(25)21-47-41(44)45/h5-12,14-17,19,22H,3-4,13,18,20-21H2,1-2H3. The van der Waals surface area contributed by atoms with Crippen LogP contribution in [0.2, 0.25) is 5.15 Å². The molecule has 15 heteroatoms. The van der Waals surface area contributed by atoms with E-state index in [1.807, 2.05) is 53.1 Å². The fourth-order valence-electron chi connectivity index (χ4n) is 5.00. The molecule has 1 unspecified atom stereocenters. The van der Waals surface area contributed by atoms with Gasteiger partial charge in [0.15, 0.2) is 11.4 Å². The number of benzene rings is 3. The highest BCUT2D eigenvalue weighted by atomic mass is 35.5. The molecule has 48 heavy (non-hydrogen) atoms. The lowest BCUT2D eigenvalue weighted by molar-refractivity contribution is -0.763. The van der Waals surface area contributed by atoms with Gasteiger partial charge in [-0.2, -0.15) is 0 Å². The van der Waals surface area contributed by atoms with Crippen molar-refractivity contribution in [3.05, 3.63) is 116 Å². The highest BCUT2D eigenvalue weighted by Crippen LogP contribution is 2.30. The van der Waals surface area contributed by atoms with Crippen molar-refractivity contribution in [1.82, 2.24) is 29.8 Å². The highest BCUT2D eigenvalue weighted by Gasteiger charge is 2.20. The topological polar surface area (TPSA) is 166 Å². The zero-order chi connectivity index (χ0) is 34.0. The molecule has 248 valence electrons. The van der Waals surface area contributed by atoms with Crippen molar-refractivity contribution in [3.63, 3.8) is 0 Å². The molecule has 2 heterocycles. The number of aldehydes is 1. The molecule has 0 aliphatic heterocycles. The zero-order valence-corrected chi connectivity index (χ0v) is 26.9.